The Bertz CT molecular complexity index is 906. The Hall–Kier alpha value is -2.36. The normalized spacial score (nSPS) is 31.1. The Morgan fingerprint density at radius 3 is 2.63 bits per heavy atom. The summed E-state index contributed by atoms with van der Waals surface area (Å²) in [7, 11) is 0. The molecule has 3 aliphatic heterocycles. The van der Waals surface area contributed by atoms with Crippen molar-refractivity contribution in [2.75, 3.05) is 11.4 Å². The van der Waals surface area contributed by atoms with Crippen molar-refractivity contribution < 1.29 is 4.39 Å². The summed E-state index contributed by atoms with van der Waals surface area (Å²) >= 11 is 0. The van der Waals surface area contributed by atoms with Gasteiger partial charge in [-0.25, -0.2) is 4.39 Å². The Labute approximate surface area is 159 Å². The fourth-order valence-electron chi connectivity index (χ4n) is 5.82. The molecule has 27 heavy (non-hydrogen) atoms. The number of anilines is 1. The minimum absolute atomic E-state index is 0.154. The number of rotatable bonds is 1. The second-order valence-electron chi connectivity index (χ2n) is 8.35. The molecule has 3 nitrogen and oxygen atoms in total. The minimum atomic E-state index is -0.154. The average molecular weight is 361 g/mol. The van der Waals surface area contributed by atoms with Crippen LogP contribution < -0.4 is 4.90 Å². The molecule has 2 fully saturated rings. The van der Waals surface area contributed by atoms with E-state index < -0.39 is 0 Å². The summed E-state index contributed by atoms with van der Waals surface area (Å²) < 4.78 is 13.5. The second kappa shape index (κ2) is 5.82. The van der Waals surface area contributed by atoms with Gasteiger partial charge in [-0.2, -0.15) is 0 Å². The number of aliphatic imine (C=N–C) groups is 1. The number of para-hydroxylation sites is 1. The topological polar surface area (TPSA) is 18.8 Å². The van der Waals surface area contributed by atoms with E-state index >= 15 is 0 Å². The lowest BCUT2D eigenvalue weighted by atomic mass is 9.87. The zero-order valence-corrected chi connectivity index (χ0v) is 15.4. The van der Waals surface area contributed by atoms with E-state index in [1.54, 1.807) is 12.1 Å². The summed E-state index contributed by atoms with van der Waals surface area (Å²) in [5.41, 5.74) is 3.87. The van der Waals surface area contributed by atoms with Gasteiger partial charge in [0.05, 0.1) is 12.1 Å². The molecule has 2 aromatic carbocycles. The van der Waals surface area contributed by atoms with Crippen LogP contribution in [0.4, 0.5) is 10.1 Å². The summed E-state index contributed by atoms with van der Waals surface area (Å²) in [6.07, 6.45) is 6.45. The van der Waals surface area contributed by atoms with Crippen LogP contribution in [0.2, 0.25) is 0 Å². The van der Waals surface area contributed by atoms with Gasteiger partial charge in [0, 0.05) is 23.7 Å². The van der Waals surface area contributed by atoms with Gasteiger partial charge < -0.3 is 9.80 Å². The fraction of sp³-hybridized carbons (Fsp3) is 0.435. The zero-order valence-electron chi connectivity index (χ0n) is 15.4. The van der Waals surface area contributed by atoms with Gasteiger partial charge in [-0.1, -0.05) is 37.1 Å². The SMILES string of the molecule is Fc1ccc(C2CCN3c4ccccc4C4=NC5CCCCC5N4C23)cc1. The van der Waals surface area contributed by atoms with Gasteiger partial charge >= 0.3 is 0 Å². The molecule has 6 rings (SSSR count). The molecule has 1 aliphatic carbocycles. The van der Waals surface area contributed by atoms with Crippen LogP contribution in [0.3, 0.4) is 0 Å². The van der Waals surface area contributed by atoms with Crippen LogP contribution in [0.15, 0.2) is 53.5 Å². The number of hydrogen-bond donors (Lipinski definition) is 0. The third-order valence-electron chi connectivity index (χ3n) is 6.98. The number of fused-ring (bicyclic) bond motifs is 8. The van der Waals surface area contributed by atoms with Crippen LogP contribution >= 0.6 is 0 Å². The molecule has 4 atom stereocenters. The number of nitrogens with zero attached hydrogens (tertiary/aromatic N) is 3. The molecule has 1 saturated heterocycles. The Kier molecular flexibility index (Phi) is 3.38. The zero-order chi connectivity index (χ0) is 18.0. The van der Waals surface area contributed by atoms with Crippen LogP contribution in [-0.2, 0) is 0 Å². The molecule has 0 amide bonds. The molecule has 0 aromatic heterocycles. The van der Waals surface area contributed by atoms with Gasteiger partial charge in [0.15, 0.2) is 0 Å². The Balaban J connectivity index is 1.49. The first-order valence-corrected chi connectivity index (χ1v) is 10.3. The van der Waals surface area contributed by atoms with Gasteiger partial charge in [-0.15, -0.1) is 0 Å². The third-order valence-corrected chi connectivity index (χ3v) is 6.98. The number of amidine groups is 1. The smallest absolute Gasteiger partial charge is 0.135 e. The maximum atomic E-state index is 13.5. The van der Waals surface area contributed by atoms with E-state index in [-0.39, 0.29) is 5.82 Å². The fourth-order valence-corrected chi connectivity index (χ4v) is 5.82. The first-order valence-electron chi connectivity index (χ1n) is 10.3. The molecule has 3 heterocycles. The van der Waals surface area contributed by atoms with Crippen molar-refractivity contribution in [3.63, 3.8) is 0 Å². The summed E-state index contributed by atoms with van der Waals surface area (Å²) in [5.74, 6) is 1.45. The van der Waals surface area contributed by atoms with Crippen molar-refractivity contribution in [2.45, 2.75) is 56.3 Å². The molecule has 4 aliphatic rings. The van der Waals surface area contributed by atoms with Gasteiger partial charge in [0.1, 0.15) is 17.8 Å². The van der Waals surface area contributed by atoms with E-state index in [0.29, 0.717) is 24.2 Å². The van der Waals surface area contributed by atoms with Gasteiger partial charge in [-0.05, 0) is 49.1 Å². The molecule has 2 aromatic rings. The van der Waals surface area contributed by atoms with Crippen molar-refractivity contribution in [3.05, 3.63) is 65.5 Å². The summed E-state index contributed by atoms with van der Waals surface area (Å²) in [6, 6.07) is 16.9. The van der Waals surface area contributed by atoms with Crippen LogP contribution in [0, 0.1) is 5.82 Å². The quantitative estimate of drug-likeness (QED) is 0.743. The van der Waals surface area contributed by atoms with Crippen molar-refractivity contribution in [2.24, 2.45) is 4.99 Å². The van der Waals surface area contributed by atoms with Crippen molar-refractivity contribution >= 4 is 11.5 Å². The van der Waals surface area contributed by atoms with Crippen LogP contribution in [-0.4, -0.2) is 35.5 Å². The van der Waals surface area contributed by atoms with E-state index in [0.717, 1.165) is 13.0 Å². The molecular weight excluding hydrogens is 337 g/mol. The summed E-state index contributed by atoms with van der Waals surface area (Å²) in [5, 5.41) is 0. The number of benzene rings is 2. The lowest BCUT2D eigenvalue weighted by molar-refractivity contribution is 0.184. The Morgan fingerprint density at radius 1 is 0.926 bits per heavy atom. The van der Waals surface area contributed by atoms with Crippen molar-refractivity contribution in [1.82, 2.24) is 4.90 Å². The van der Waals surface area contributed by atoms with E-state index in [1.165, 1.54) is 48.3 Å². The monoisotopic (exact) mass is 361 g/mol. The highest BCUT2D eigenvalue weighted by molar-refractivity contribution is 6.07. The van der Waals surface area contributed by atoms with E-state index in [9.17, 15) is 4.39 Å². The largest absolute Gasteiger partial charge is 0.350 e. The highest BCUT2D eigenvalue weighted by Crippen LogP contribution is 2.48. The molecular formula is C23H24FN3. The van der Waals surface area contributed by atoms with E-state index in [4.69, 9.17) is 4.99 Å². The maximum absolute atomic E-state index is 13.5. The standard InChI is InChI=1S/C23H24FN3/c24-16-11-9-15(10-12-16)17-13-14-26-20-7-3-1-5-18(20)22-25-19-6-2-4-8-21(19)27(22)23(17)26/h1,3,5,7,9-12,17,19,21,23H,2,4,6,8,13-14H2. The number of hydrogen-bond acceptors (Lipinski definition) is 3. The molecule has 0 radical (unpaired) electrons. The molecule has 4 heteroatoms. The average Bonchev–Trinajstić information content (AvgIpc) is 3.30. The molecule has 0 bridgehead atoms. The summed E-state index contributed by atoms with van der Waals surface area (Å²) in [4.78, 5) is 10.5. The van der Waals surface area contributed by atoms with E-state index in [2.05, 4.69) is 34.1 Å². The van der Waals surface area contributed by atoms with Gasteiger partial charge in [-0.3, -0.25) is 4.99 Å². The first kappa shape index (κ1) is 15.7. The third kappa shape index (κ3) is 2.22. The number of halogens is 1. The van der Waals surface area contributed by atoms with Gasteiger partial charge in [0.25, 0.3) is 0 Å². The molecule has 0 N–H and O–H groups in total. The van der Waals surface area contributed by atoms with Crippen LogP contribution in [0.25, 0.3) is 0 Å². The van der Waals surface area contributed by atoms with Crippen molar-refractivity contribution in [3.8, 4) is 0 Å². The molecule has 1 saturated carbocycles. The summed E-state index contributed by atoms with van der Waals surface area (Å²) in [6.45, 7) is 1.05. The van der Waals surface area contributed by atoms with Crippen LogP contribution in [0.5, 0.6) is 0 Å². The first-order chi connectivity index (χ1) is 13.3. The van der Waals surface area contributed by atoms with Crippen molar-refractivity contribution in [1.29, 1.82) is 0 Å². The predicted octanol–water partition coefficient (Wildman–Crippen LogP) is 4.53. The highest BCUT2D eigenvalue weighted by Gasteiger charge is 2.51. The lowest BCUT2D eigenvalue weighted by Crippen LogP contribution is -2.57. The van der Waals surface area contributed by atoms with Gasteiger partial charge in [0.2, 0.25) is 0 Å². The predicted molar refractivity (Wildman–Crippen MR) is 106 cm³/mol. The molecule has 138 valence electrons. The lowest BCUT2D eigenvalue weighted by Gasteiger charge is -2.47. The minimum Gasteiger partial charge on any atom is -0.350 e. The van der Waals surface area contributed by atoms with Crippen LogP contribution in [0.1, 0.15) is 49.1 Å². The Morgan fingerprint density at radius 2 is 1.74 bits per heavy atom. The molecule has 4 unspecified atom stereocenters. The maximum Gasteiger partial charge on any atom is 0.135 e. The van der Waals surface area contributed by atoms with E-state index in [1.807, 2.05) is 12.1 Å². The second-order valence-corrected chi connectivity index (χ2v) is 8.35. The molecule has 0 spiro atoms. The highest BCUT2D eigenvalue weighted by atomic mass is 19.1.